The molecule has 0 unspecified atom stereocenters. The van der Waals surface area contributed by atoms with E-state index in [0.29, 0.717) is 0 Å². The molecule has 0 saturated carbocycles. The Kier molecular flexibility index (Phi) is 2.26. The molecule has 0 spiro atoms. The van der Waals surface area contributed by atoms with Crippen LogP contribution in [0.15, 0.2) is 0 Å². The Balaban J connectivity index is 2.13. The molecule has 16 heavy (non-hydrogen) atoms. The lowest BCUT2D eigenvalue weighted by atomic mass is 10.3. The van der Waals surface area contributed by atoms with Gasteiger partial charge in [-0.3, -0.25) is 0 Å². The highest BCUT2D eigenvalue weighted by Gasteiger charge is 2.19. The van der Waals surface area contributed by atoms with Gasteiger partial charge in [0.25, 0.3) is 0 Å². The molecule has 1 aliphatic rings. The fourth-order valence-electron chi connectivity index (χ4n) is 2.00. The minimum Gasteiger partial charge on any atom is -0.308 e. The maximum atomic E-state index is 4.44. The Morgan fingerprint density at radius 1 is 1.31 bits per heavy atom. The normalized spacial score (nSPS) is 15.1. The van der Waals surface area contributed by atoms with E-state index in [2.05, 4.69) is 25.1 Å². The van der Waals surface area contributed by atoms with E-state index in [-0.39, 0.29) is 0 Å². The van der Waals surface area contributed by atoms with Gasteiger partial charge in [-0.1, -0.05) is 0 Å². The summed E-state index contributed by atoms with van der Waals surface area (Å²) in [5, 5.41) is 12.9. The molecule has 0 aliphatic carbocycles. The van der Waals surface area contributed by atoms with Crippen molar-refractivity contribution in [1.82, 2.24) is 25.1 Å². The Bertz CT molecular complexity index is 527. The maximum Gasteiger partial charge on any atom is 0.176 e. The zero-order valence-corrected chi connectivity index (χ0v) is 10.1. The van der Waals surface area contributed by atoms with Gasteiger partial charge in [0.05, 0.1) is 22.1 Å². The van der Waals surface area contributed by atoms with E-state index in [9.17, 15) is 0 Å². The van der Waals surface area contributed by atoms with Crippen molar-refractivity contribution < 1.29 is 0 Å². The van der Waals surface area contributed by atoms with E-state index in [1.807, 2.05) is 13.8 Å². The molecule has 0 saturated heterocycles. The van der Waals surface area contributed by atoms with Crippen LogP contribution in [0.5, 0.6) is 0 Å². The topological polar surface area (TPSA) is 55.6 Å². The molecule has 6 heteroatoms. The van der Waals surface area contributed by atoms with E-state index in [1.54, 1.807) is 11.3 Å². The molecular formula is C10H13N5S. The van der Waals surface area contributed by atoms with Crippen LogP contribution in [-0.4, -0.2) is 26.3 Å². The van der Waals surface area contributed by atoms with Crippen LogP contribution in [0.2, 0.25) is 0 Å². The number of rotatable bonds is 1. The Morgan fingerprint density at radius 3 is 2.94 bits per heavy atom. The molecule has 0 fully saturated rings. The lowest BCUT2D eigenvalue weighted by molar-refractivity contribution is 0.508. The first-order valence-corrected chi connectivity index (χ1v) is 6.14. The van der Waals surface area contributed by atoms with Crippen LogP contribution in [0.1, 0.15) is 16.5 Å². The van der Waals surface area contributed by atoms with Gasteiger partial charge in [0.1, 0.15) is 5.82 Å². The summed E-state index contributed by atoms with van der Waals surface area (Å²) in [7, 11) is 0. The fourth-order valence-corrected chi connectivity index (χ4v) is 2.91. The van der Waals surface area contributed by atoms with E-state index < -0.39 is 0 Å². The average Bonchev–Trinajstić information content (AvgIpc) is 2.81. The van der Waals surface area contributed by atoms with E-state index in [0.717, 1.165) is 46.9 Å². The summed E-state index contributed by atoms with van der Waals surface area (Å²) < 4.78 is 2.19. The van der Waals surface area contributed by atoms with Crippen molar-refractivity contribution in [2.75, 3.05) is 6.54 Å². The summed E-state index contributed by atoms with van der Waals surface area (Å²) in [4.78, 5) is 5.59. The Hall–Kier alpha value is -1.27. The van der Waals surface area contributed by atoms with Gasteiger partial charge in [-0.2, -0.15) is 0 Å². The molecule has 0 bridgehead atoms. The number of thiazole rings is 1. The Morgan fingerprint density at radius 2 is 2.19 bits per heavy atom. The van der Waals surface area contributed by atoms with Crippen LogP contribution in [0.25, 0.3) is 10.7 Å². The van der Waals surface area contributed by atoms with Gasteiger partial charge < -0.3 is 9.88 Å². The van der Waals surface area contributed by atoms with Gasteiger partial charge in [0.15, 0.2) is 5.82 Å². The average molecular weight is 235 g/mol. The minimum atomic E-state index is 0.809. The number of hydrogen-bond acceptors (Lipinski definition) is 5. The summed E-state index contributed by atoms with van der Waals surface area (Å²) in [6.07, 6.45) is 0. The largest absolute Gasteiger partial charge is 0.308 e. The summed E-state index contributed by atoms with van der Waals surface area (Å²) in [5.41, 5.74) is 1.05. The molecule has 0 aromatic carbocycles. The van der Waals surface area contributed by atoms with Crippen LogP contribution in [0, 0.1) is 13.8 Å². The first-order chi connectivity index (χ1) is 7.75. The van der Waals surface area contributed by atoms with Crippen LogP contribution >= 0.6 is 11.3 Å². The van der Waals surface area contributed by atoms with Gasteiger partial charge in [-0.25, -0.2) is 4.98 Å². The molecule has 3 rings (SSSR count). The lowest BCUT2D eigenvalue weighted by Gasteiger charge is -2.15. The number of hydrogen-bond donors (Lipinski definition) is 1. The maximum absolute atomic E-state index is 4.44. The third-order valence-corrected chi connectivity index (χ3v) is 3.80. The molecule has 1 aliphatic heterocycles. The van der Waals surface area contributed by atoms with E-state index in [1.165, 1.54) is 0 Å². The minimum absolute atomic E-state index is 0.809. The van der Waals surface area contributed by atoms with Crippen LogP contribution in [0.4, 0.5) is 0 Å². The van der Waals surface area contributed by atoms with Crippen molar-refractivity contribution >= 4 is 11.3 Å². The first-order valence-electron chi connectivity index (χ1n) is 5.33. The molecular weight excluding hydrogens is 222 g/mol. The Labute approximate surface area is 97.5 Å². The van der Waals surface area contributed by atoms with E-state index in [4.69, 9.17) is 0 Å². The molecule has 84 valence electrons. The smallest absolute Gasteiger partial charge is 0.176 e. The standard InChI is InChI=1S/C10H13N5S/c1-6-9(16-7(2)12-6)10-14-13-8-5-11-3-4-15(8)10/h11H,3-5H2,1-2H3. The van der Waals surface area contributed by atoms with Crippen molar-refractivity contribution in [3.8, 4) is 10.7 Å². The molecule has 0 amide bonds. The van der Waals surface area contributed by atoms with Gasteiger partial charge in [0, 0.05) is 13.1 Å². The number of nitrogens with zero attached hydrogens (tertiary/aromatic N) is 4. The molecule has 5 nitrogen and oxygen atoms in total. The highest BCUT2D eigenvalue weighted by atomic mass is 32.1. The van der Waals surface area contributed by atoms with Gasteiger partial charge in [-0.15, -0.1) is 21.5 Å². The quantitative estimate of drug-likeness (QED) is 0.805. The second-order valence-electron chi connectivity index (χ2n) is 3.92. The molecule has 1 N–H and O–H groups in total. The van der Waals surface area contributed by atoms with Crippen LogP contribution in [0.3, 0.4) is 0 Å². The number of aryl methyl sites for hydroxylation is 2. The highest BCUT2D eigenvalue weighted by Crippen LogP contribution is 2.29. The SMILES string of the molecule is Cc1nc(C)c(-c2nnc3n2CCNC3)s1. The van der Waals surface area contributed by atoms with Crippen molar-refractivity contribution in [3.63, 3.8) is 0 Å². The summed E-state index contributed by atoms with van der Waals surface area (Å²) >= 11 is 1.69. The second kappa shape index (κ2) is 3.64. The van der Waals surface area contributed by atoms with Crippen LogP contribution in [-0.2, 0) is 13.1 Å². The second-order valence-corrected chi connectivity index (χ2v) is 5.12. The third kappa shape index (κ3) is 1.45. The highest BCUT2D eigenvalue weighted by molar-refractivity contribution is 7.15. The summed E-state index contributed by atoms with van der Waals surface area (Å²) in [6.45, 7) is 6.78. The van der Waals surface area contributed by atoms with Crippen molar-refractivity contribution in [3.05, 3.63) is 16.5 Å². The van der Waals surface area contributed by atoms with E-state index >= 15 is 0 Å². The predicted octanol–water partition coefficient (Wildman–Crippen LogP) is 1.12. The third-order valence-electron chi connectivity index (χ3n) is 2.73. The lowest BCUT2D eigenvalue weighted by Crippen LogP contribution is -2.28. The zero-order chi connectivity index (χ0) is 11.1. The number of nitrogens with one attached hydrogen (secondary N) is 1. The van der Waals surface area contributed by atoms with Gasteiger partial charge in [0.2, 0.25) is 0 Å². The molecule has 2 aromatic rings. The van der Waals surface area contributed by atoms with Gasteiger partial charge >= 0.3 is 0 Å². The fraction of sp³-hybridized carbons (Fsp3) is 0.500. The van der Waals surface area contributed by atoms with Crippen molar-refractivity contribution in [1.29, 1.82) is 0 Å². The zero-order valence-electron chi connectivity index (χ0n) is 9.32. The summed E-state index contributed by atoms with van der Waals surface area (Å²) in [6, 6.07) is 0. The molecule has 2 aromatic heterocycles. The van der Waals surface area contributed by atoms with Crippen molar-refractivity contribution in [2.45, 2.75) is 26.9 Å². The number of aromatic nitrogens is 4. The van der Waals surface area contributed by atoms with Gasteiger partial charge in [-0.05, 0) is 13.8 Å². The molecule has 0 radical (unpaired) electrons. The molecule has 3 heterocycles. The van der Waals surface area contributed by atoms with Crippen LogP contribution < -0.4 is 5.32 Å². The monoisotopic (exact) mass is 235 g/mol. The van der Waals surface area contributed by atoms with Crippen molar-refractivity contribution in [2.24, 2.45) is 0 Å². The molecule has 0 atom stereocenters. The number of fused-ring (bicyclic) bond motifs is 1. The first kappa shape index (κ1) is 9.92. The predicted molar refractivity (Wildman–Crippen MR) is 62.3 cm³/mol. The summed E-state index contributed by atoms with van der Waals surface area (Å²) in [5.74, 6) is 1.99.